The second-order valence-corrected chi connectivity index (χ2v) is 4.60. The third-order valence-electron chi connectivity index (χ3n) is 3.59. The van der Waals surface area contributed by atoms with Crippen LogP contribution in [0.2, 0.25) is 0 Å². The largest absolute Gasteiger partial charge is 0.497 e. The molecule has 0 aliphatic carbocycles. The monoisotopic (exact) mass is 259 g/mol. The summed E-state index contributed by atoms with van der Waals surface area (Å²) < 4.78 is 10.5. The van der Waals surface area contributed by atoms with Crippen LogP contribution in [0.15, 0.2) is 36.4 Å². The summed E-state index contributed by atoms with van der Waals surface area (Å²) in [5, 5.41) is 0. The van der Waals surface area contributed by atoms with Crippen molar-refractivity contribution in [2.75, 3.05) is 12.0 Å². The molecular formula is C14H13NO4. The van der Waals surface area contributed by atoms with E-state index < -0.39 is 11.7 Å². The first-order valence-electron chi connectivity index (χ1n) is 5.99. The Balaban J connectivity index is 2.01. The van der Waals surface area contributed by atoms with Gasteiger partial charge in [-0.2, -0.15) is 0 Å². The van der Waals surface area contributed by atoms with Gasteiger partial charge in [-0.1, -0.05) is 6.07 Å². The molecule has 5 nitrogen and oxygen atoms in total. The maximum Gasteiger partial charge on any atom is 0.333 e. The smallest absolute Gasteiger partial charge is 0.333 e. The maximum absolute atomic E-state index is 12.1. The van der Waals surface area contributed by atoms with Gasteiger partial charge >= 0.3 is 5.97 Å². The van der Waals surface area contributed by atoms with Crippen LogP contribution >= 0.6 is 0 Å². The average molecular weight is 259 g/mol. The van der Waals surface area contributed by atoms with Crippen molar-refractivity contribution in [3.8, 4) is 5.75 Å². The number of anilines is 1. The van der Waals surface area contributed by atoms with Gasteiger partial charge in [0.25, 0.3) is 0 Å². The molecule has 1 aromatic rings. The molecule has 0 aromatic heterocycles. The summed E-state index contributed by atoms with van der Waals surface area (Å²) in [6.45, 7) is 1.75. The molecule has 2 atom stereocenters. The zero-order valence-corrected chi connectivity index (χ0v) is 10.6. The lowest BCUT2D eigenvalue weighted by atomic mass is 9.84. The van der Waals surface area contributed by atoms with Crippen molar-refractivity contribution in [2.24, 2.45) is 5.92 Å². The molecule has 0 bridgehead atoms. The number of carbonyl (C=O) groups excluding carboxylic acids is 2. The normalized spacial score (nSPS) is 28.5. The van der Waals surface area contributed by atoms with E-state index in [4.69, 9.17) is 9.47 Å². The van der Waals surface area contributed by atoms with Crippen molar-refractivity contribution in [1.82, 2.24) is 0 Å². The summed E-state index contributed by atoms with van der Waals surface area (Å²) in [4.78, 5) is 24.9. The van der Waals surface area contributed by atoms with E-state index in [1.54, 1.807) is 44.4 Å². The second kappa shape index (κ2) is 3.85. The molecule has 2 aliphatic rings. The molecule has 3 rings (SSSR count). The van der Waals surface area contributed by atoms with E-state index in [0.717, 1.165) is 0 Å². The number of esters is 1. The summed E-state index contributed by atoms with van der Waals surface area (Å²) in [5.41, 5.74) is -0.317. The minimum Gasteiger partial charge on any atom is -0.497 e. The van der Waals surface area contributed by atoms with E-state index >= 15 is 0 Å². The molecule has 0 unspecified atom stereocenters. The molecule has 1 fully saturated rings. The van der Waals surface area contributed by atoms with E-state index in [1.807, 2.05) is 0 Å². The van der Waals surface area contributed by atoms with Crippen LogP contribution in [-0.4, -0.2) is 24.7 Å². The highest BCUT2D eigenvalue weighted by molar-refractivity contribution is 6.07. The lowest BCUT2D eigenvalue weighted by Crippen LogP contribution is -2.70. The summed E-state index contributed by atoms with van der Waals surface area (Å²) >= 11 is 0. The third kappa shape index (κ3) is 1.47. The highest BCUT2D eigenvalue weighted by Crippen LogP contribution is 2.46. The SMILES string of the molecule is COc1cccc(N2C(=O)[C@@H](C)[C@@]23C=CC(=O)O3)c1. The van der Waals surface area contributed by atoms with Crippen LogP contribution in [0, 0.1) is 5.92 Å². The Morgan fingerprint density at radius 2 is 2.16 bits per heavy atom. The molecule has 19 heavy (non-hydrogen) atoms. The van der Waals surface area contributed by atoms with Crippen molar-refractivity contribution in [1.29, 1.82) is 0 Å². The fourth-order valence-electron chi connectivity index (χ4n) is 2.52. The average Bonchev–Trinajstić information content (AvgIpc) is 2.83. The minimum absolute atomic E-state index is 0.0763. The number of β-lactam (4-membered cyclic amide) rings is 1. The Morgan fingerprint density at radius 3 is 2.79 bits per heavy atom. The lowest BCUT2D eigenvalue weighted by molar-refractivity contribution is -0.165. The van der Waals surface area contributed by atoms with Gasteiger partial charge in [0.1, 0.15) is 5.75 Å². The minimum atomic E-state index is -0.972. The van der Waals surface area contributed by atoms with Crippen LogP contribution in [0.4, 0.5) is 5.69 Å². The van der Waals surface area contributed by atoms with Gasteiger partial charge in [-0.3, -0.25) is 9.69 Å². The number of methoxy groups -OCH3 is 1. The predicted molar refractivity (Wildman–Crippen MR) is 67.6 cm³/mol. The predicted octanol–water partition coefficient (Wildman–Crippen LogP) is 1.49. The van der Waals surface area contributed by atoms with Crippen molar-refractivity contribution in [3.63, 3.8) is 0 Å². The Labute approximate surface area is 110 Å². The third-order valence-corrected chi connectivity index (χ3v) is 3.59. The molecule has 1 aromatic carbocycles. The molecular weight excluding hydrogens is 246 g/mol. The lowest BCUT2D eigenvalue weighted by Gasteiger charge is -2.51. The van der Waals surface area contributed by atoms with Crippen molar-refractivity contribution in [3.05, 3.63) is 36.4 Å². The molecule has 0 radical (unpaired) electrons. The first-order chi connectivity index (χ1) is 9.08. The zero-order chi connectivity index (χ0) is 13.6. The number of amides is 1. The van der Waals surface area contributed by atoms with E-state index in [1.165, 1.54) is 11.0 Å². The molecule has 5 heteroatoms. The van der Waals surface area contributed by atoms with E-state index in [-0.39, 0.29) is 11.8 Å². The maximum atomic E-state index is 12.1. The van der Waals surface area contributed by atoms with E-state index in [2.05, 4.69) is 0 Å². The van der Waals surface area contributed by atoms with Gasteiger partial charge in [0.05, 0.1) is 18.7 Å². The highest BCUT2D eigenvalue weighted by atomic mass is 16.6. The summed E-state index contributed by atoms with van der Waals surface area (Å²) in [6.07, 6.45) is 3.00. The summed E-state index contributed by atoms with van der Waals surface area (Å²) in [7, 11) is 1.56. The number of ether oxygens (including phenoxy) is 2. The van der Waals surface area contributed by atoms with Gasteiger partial charge in [0.15, 0.2) is 0 Å². The molecule has 1 amide bonds. The quantitative estimate of drug-likeness (QED) is 0.596. The van der Waals surface area contributed by atoms with Gasteiger partial charge in [-0.15, -0.1) is 0 Å². The topological polar surface area (TPSA) is 55.8 Å². The van der Waals surface area contributed by atoms with Crippen LogP contribution in [0.1, 0.15) is 6.92 Å². The number of nitrogens with zero attached hydrogens (tertiary/aromatic N) is 1. The van der Waals surface area contributed by atoms with Gasteiger partial charge in [-0.25, -0.2) is 4.79 Å². The number of carbonyl (C=O) groups is 2. The zero-order valence-electron chi connectivity index (χ0n) is 10.6. The van der Waals surface area contributed by atoms with Crippen molar-refractivity contribution >= 4 is 17.6 Å². The van der Waals surface area contributed by atoms with Crippen LogP contribution in [0.3, 0.4) is 0 Å². The van der Waals surface area contributed by atoms with Gasteiger partial charge in [0, 0.05) is 12.1 Å². The second-order valence-electron chi connectivity index (χ2n) is 4.60. The molecule has 0 saturated carbocycles. The van der Waals surface area contributed by atoms with Crippen molar-refractivity contribution < 1.29 is 19.1 Å². The fraction of sp³-hybridized carbons (Fsp3) is 0.286. The summed E-state index contributed by atoms with van der Waals surface area (Å²) in [6, 6.07) is 7.11. The number of benzene rings is 1. The summed E-state index contributed by atoms with van der Waals surface area (Å²) in [5.74, 6) is -0.227. The number of hydrogen-bond acceptors (Lipinski definition) is 4. The van der Waals surface area contributed by atoms with Crippen LogP contribution < -0.4 is 9.64 Å². The van der Waals surface area contributed by atoms with Crippen LogP contribution in [-0.2, 0) is 14.3 Å². The Bertz CT molecular complexity index is 595. The van der Waals surface area contributed by atoms with Crippen LogP contribution in [0.25, 0.3) is 0 Å². The molecule has 2 heterocycles. The first kappa shape index (κ1) is 11.8. The molecule has 0 N–H and O–H groups in total. The molecule has 1 saturated heterocycles. The van der Waals surface area contributed by atoms with Gasteiger partial charge in [-0.05, 0) is 25.1 Å². The molecule has 98 valence electrons. The van der Waals surface area contributed by atoms with Gasteiger partial charge in [0.2, 0.25) is 11.6 Å². The first-order valence-corrected chi connectivity index (χ1v) is 5.99. The van der Waals surface area contributed by atoms with Gasteiger partial charge < -0.3 is 9.47 Å². The molecule has 1 spiro atoms. The standard InChI is InChI=1S/C14H13NO4/c1-9-13(17)15(14(9)7-6-12(16)19-14)10-4-3-5-11(8-10)18-2/h3-9H,1-2H3/t9-,14+/m1/s1. The Kier molecular flexibility index (Phi) is 2.38. The van der Waals surface area contributed by atoms with E-state index in [9.17, 15) is 9.59 Å². The highest BCUT2D eigenvalue weighted by Gasteiger charge is 2.62. The van der Waals surface area contributed by atoms with Crippen molar-refractivity contribution in [2.45, 2.75) is 12.6 Å². The van der Waals surface area contributed by atoms with Crippen LogP contribution in [0.5, 0.6) is 5.75 Å². The Hall–Kier alpha value is -2.30. The molecule has 2 aliphatic heterocycles. The number of hydrogen-bond donors (Lipinski definition) is 0. The fourth-order valence-corrected chi connectivity index (χ4v) is 2.52. The number of rotatable bonds is 2. The van der Waals surface area contributed by atoms with E-state index in [0.29, 0.717) is 11.4 Å². The Morgan fingerprint density at radius 1 is 1.37 bits per heavy atom.